The van der Waals surface area contributed by atoms with Gasteiger partial charge in [0.25, 0.3) is 0 Å². The van der Waals surface area contributed by atoms with Crippen molar-refractivity contribution in [3.05, 3.63) is 29.3 Å². The van der Waals surface area contributed by atoms with E-state index >= 15 is 0 Å². The maximum Gasteiger partial charge on any atom is 0.0725 e. The van der Waals surface area contributed by atoms with Gasteiger partial charge in [-0.2, -0.15) is 0 Å². The van der Waals surface area contributed by atoms with E-state index in [-0.39, 0.29) is 0 Å². The van der Waals surface area contributed by atoms with E-state index in [4.69, 9.17) is 4.74 Å². The second kappa shape index (κ2) is 4.10. The highest BCUT2D eigenvalue weighted by Crippen LogP contribution is 2.36. The average Bonchev–Trinajstić information content (AvgIpc) is 3.04. The minimum absolute atomic E-state index is 0.667. The van der Waals surface area contributed by atoms with Gasteiger partial charge in [-0.15, -0.1) is 0 Å². The van der Waals surface area contributed by atoms with Gasteiger partial charge in [0.15, 0.2) is 0 Å². The minimum atomic E-state index is 0.667. The fraction of sp³-hybridized carbons (Fsp3) is 0.571. The summed E-state index contributed by atoms with van der Waals surface area (Å²) in [4.78, 5) is 0. The van der Waals surface area contributed by atoms with Crippen molar-refractivity contribution in [3.8, 4) is 0 Å². The van der Waals surface area contributed by atoms with Crippen molar-refractivity contribution in [2.24, 2.45) is 5.92 Å². The van der Waals surface area contributed by atoms with Crippen LogP contribution < -0.4 is 5.32 Å². The Balaban J connectivity index is 1.74. The molecule has 1 aliphatic heterocycles. The van der Waals surface area contributed by atoms with Crippen LogP contribution in [0.2, 0.25) is 0 Å². The lowest BCUT2D eigenvalue weighted by Gasteiger charge is -2.18. The molecule has 1 heterocycles. The molecule has 86 valence electrons. The van der Waals surface area contributed by atoms with Gasteiger partial charge in [0.1, 0.15) is 0 Å². The Morgan fingerprint density at radius 2 is 2.12 bits per heavy atom. The molecule has 0 spiro atoms. The van der Waals surface area contributed by atoms with Gasteiger partial charge in [0, 0.05) is 11.7 Å². The summed E-state index contributed by atoms with van der Waals surface area (Å²) in [6.45, 7) is 3.84. The largest absolute Gasteiger partial charge is 0.382 e. The molecule has 3 rings (SSSR count). The second-order valence-corrected chi connectivity index (χ2v) is 4.97. The maximum atomic E-state index is 5.43. The molecule has 0 saturated heterocycles. The van der Waals surface area contributed by atoms with Gasteiger partial charge >= 0.3 is 0 Å². The van der Waals surface area contributed by atoms with Crippen molar-refractivity contribution >= 4 is 5.69 Å². The molecule has 1 saturated carbocycles. The molecule has 0 bridgehead atoms. The predicted octanol–water partition coefficient (Wildman–Crippen LogP) is 3.32. The Kier molecular flexibility index (Phi) is 2.60. The first-order valence-electron chi connectivity index (χ1n) is 6.33. The molecule has 1 atom stereocenters. The van der Waals surface area contributed by atoms with Crippen molar-refractivity contribution < 1.29 is 4.74 Å². The zero-order valence-corrected chi connectivity index (χ0v) is 9.83. The highest BCUT2D eigenvalue weighted by Gasteiger charge is 2.29. The number of hydrogen-bond acceptors (Lipinski definition) is 2. The molecule has 2 heteroatoms. The molecule has 1 aliphatic carbocycles. The number of nitrogens with one attached hydrogen (secondary N) is 1. The van der Waals surface area contributed by atoms with Crippen LogP contribution in [0.5, 0.6) is 0 Å². The fourth-order valence-electron chi connectivity index (χ4n) is 2.53. The van der Waals surface area contributed by atoms with Crippen molar-refractivity contribution in [1.82, 2.24) is 0 Å². The Morgan fingerprint density at radius 3 is 2.88 bits per heavy atom. The zero-order chi connectivity index (χ0) is 11.0. The van der Waals surface area contributed by atoms with Crippen molar-refractivity contribution in [2.75, 3.05) is 5.32 Å². The van der Waals surface area contributed by atoms with Crippen molar-refractivity contribution in [3.63, 3.8) is 0 Å². The van der Waals surface area contributed by atoms with Gasteiger partial charge in [-0.1, -0.05) is 13.0 Å². The van der Waals surface area contributed by atoms with Crippen LogP contribution in [-0.4, -0.2) is 6.04 Å². The molecule has 1 unspecified atom stereocenters. The number of ether oxygens (including phenoxy) is 1. The van der Waals surface area contributed by atoms with E-state index in [2.05, 4.69) is 30.4 Å². The highest BCUT2D eigenvalue weighted by molar-refractivity contribution is 5.50. The van der Waals surface area contributed by atoms with Gasteiger partial charge in [-0.05, 0) is 48.4 Å². The molecule has 0 amide bonds. The van der Waals surface area contributed by atoms with E-state index in [0.29, 0.717) is 6.04 Å². The molecule has 1 aromatic rings. The van der Waals surface area contributed by atoms with Crippen LogP contribution in [0.1, 0.15) is 37.3 Å². The van der Waals surface area contributed by atoms with Crippen LogP contribution in [0.4, 0.5) is 5.69 Å². The van der Waals surface area contributed by atoms with E-state index in [9.17, 15) is 0 Å². The summed E-state index contributed by atoms with van der Waals surface area (Å²) in [7, 11) is 0. The standard InChI is InChI=1S/C14H19NO/c1-2-14(10-3-4-10)15-13-6-5-11-8-16-9-12(11)7-13/h5-7,10,14-15H,2-4,8-9H2,1H3. The molecule has 2 aliphatic rings. The molecule has 0 aromatic heterocycles. The number of anilines is 1. The van der Waals surface area contributed by atoms with Gasteiger partial charge in [0.05, 0.1) is 13.2 Å². The Bertz CT molecular complexity index is 384. The number of benzene rings is 1. The molecule has 2 nitrogen and oxygen atoms in total. The normalized spacial score (nSPS) is 20.6. The van der Waals surface area contributed by atoms with E-state index in [1.54, 1.807) is 0 Å². The summed E-state index contributed by atoms with van der Waals surface area (Å²) in [6, 6.07) is 7.32. The monoisotopic (exact) mass is 217 g/mol. The van der Waals surface area contributed by atoms with Gasteiger partial charge < -0.3 is 10.1 Å². The lowest BCUT2D eigenvalue weighted by Crippen LogP contribution is -2.20. The van der Waals surface area contributed by atoms with Crippen LogP contribution in [0.3, 0.4) is 0 Å². The lowest BCUT2D eigenvalue weighted by molar-refractivity contribution is 0.134. The fourth-order valence-corrected chi connectivity index (χ4v) is 2.53. The smallest absolute Gasteiger partial charge is 0.0725 e. The van der Waals surface area contributed by atoms with Gasteiger partial charge in [-0.3, -0.25) is 0 Å². The minimum Gasteiger partial charge on any atom is -0.382 e. The first-order chi connectivity index (χ1) is 7.86. The summed E-state index contributed by atoms with van der Waals surface area (Å²) in [5, 5.41) is 3.66. The van der Waals surface area contributed by atoms with Crippen LogP contribution in [0, 0.1) is 5.92 Å². The van der Waals surface area contributed by atoms with Gasteiger partial charge in [0.2, 0.25) is 0 Å². The molecule has 0 radical (unpaired) electrons. The summed E-state index contributed by atoms with van der Waals surface area (Å²) in [5.74, 6) is 0.912. The van der Waals surface area contributed by atoms with E-state index in [1.807, 2.05) is 0 Å². The molecular weight excluding hydrogens is 198 g/mol. The third-order valence-corrected chi connectivity index (χ3v) is 3.70. The maximum absolute atomic E-state index is 5.43. The number of fused-ring (bicyclic) bond motifs is 1. The van der Waals surface area contributed by atoms with E-state index < -0.39 is 0 Å². The van der Waals surface area contributed by atoms with Crippen LogP contribution in [-0.2, 0) is 18.0 Å². The molecule has 16 heavy (non-hydrogen) atoms. The Morgan fingerprint density at radius 1 is 1.31 bits per heavy atom. The lowest BCUT2D eigenvalue weighted by atomic mass is 10.1. The predicted molar refractivity (Wildman–Crippen MR) is 65.4 cm³/mol. The zero-order valence-electron chi connectivity index (χ0n) is 9.83. The SMILES string of the molecule is CCC(Nc1ccc2c(c1)COC2)C1CC1. The summed E-state index contributed by atoms with van der Waals surface area (Å²) in [5.41, 5.74) is 3.98. The first kappa shape index (κ1) is 10.2. The topological polar surface area (TPSA) is 21.3 Å². The van der Waals surface area contributed by atoms with Crippen LogP contribution in [0.25, 0.3) is 0 Å². The summed E-state index contributed by atoms with van der Waals surface area (Å²) >= 11 is 0. The first-order valence-corrected chi connectivity index (χ1v) is 6.33. The summed E-state index contributed by atoms with van der Waals surface area (Å²) in [6.07, 6.45) is 4.03. The Labute approximate surface area is 97.0 Å². The second-order valence-electron chi connectivity index (χ2n) is 4.97. The van der Waals surface area contributed by atoms with E-state index in [1.165, 1.54) is 36.1 Å². The quantitative estimate of drug-likeness (QED) is 0.835. The summed E-state index contributed by atoms with van der Waals surface area (Å²) < 4.78 is 5.43. The number of hydrogen-bond donors (Lipinski definition) is 1. The molecule has 1 fully saturated rings. The average molecular weight is 217 g/mol. The Hall–Kier alpha value is -1.02. The number of rotatable bonds is 4. The molecule has 1 aromatic carbocycles. The third kappa shape index (κ3) is 1.94. The van der Waals surface area contributed by atoms with Crippen LogP contribution >= 0.6 is 0 Å². The van der Waals surface area contributed by atoms with Crippen LogP contribution in [0.15, 0.2) is 18.2 Å². The third-order valence-electron chi connectivity index (χ3n) is 3.70. The van der Waals surface area contributed by atoms with Crippen molar-refractivity contribution in [2.45, 2.75) is 45.4 Å². The molecule has 1 N–H and O–H groups in total. The van der Waals surface area contributed by atoms with E-state index in [0.717, 1.165) is 19.1 Å². The van der Waals surface area contributed by atoms with Crippen molar-refractivity contribution in [1.29, 1.82) is 0 Å². The highest BCUT2D eigenvalue weighted by atomic mass is 16.5. The molecular formula is C14H19NO. The van der Waals surface area contributed by atoms with Gasteiger partial charge in [-0.25, -0.2) is 0 Å².